The number of benzene rings is 2. The van der Waals surface area contributed by atoms with E-state index in [1.807, 2.05) is 41.8 Å². The second-order valence-corrected chi connectivity index (χ2v) is 7.98. The highest BCUT2D eigenvalue weighted by Gasteiger charge is 2.36. The van der Waals surface area contributed by atoms with Crippen molar-refractivity contribution in [1.29, 1.82) is 0 Å². The number of nitrogens with one attached hydrogen (secondary N) is 2. The molecule has 0 unspecified atom stereocenters. The predicted molar refractivity (Wildman–Crippen MR) is 119 cm³/mol. The molecule has 8 nitrogen and oxygen atoms in total. The normalized spacial score (nSPS) is 20.9. The second kappa shape index (κ2) is 9.03. The SMILES string of the molecule is CCCCNC(=O)Nc1ccc2ccc3c(nc(C)n3[C@H]3C[C@H](C=O)[C@@H](CO)O3)c2c1. The number of aryl methyl sites for hydroxylation is 1. The van der Waals surface area contributed by atoms with Crippen molar-refractivity contribution in [3.63, 3.8) is 0 Å². The lowest BCUT2D eigenvalue weighted by Crippen LogP contribution is -2.29. The van der Waals surface area contributed by atoms with Gasteiger partial charge >= 0.3 is 6.03 Å². The fraction of sp³-hybridized carbons (Fsp3) is 0.435. The molecule has 0 spiro atoms. The average molecular weight is 425 g/mol. The molecule has 3 atom stereocenters. The number of imidazole rings is 1. The van der Waals surface area contributed by atoms with Gasteiger partial charge in [0.2, 0.25) is 0 Å². The van der Waals surface area contributed by atoms with E-state index in [0.29, 0.717) is 18.7 Å². The number of anilines is 1. The highest BCUT2D eigenvalue weighted by atomic mass is 16.5. The Labute approximate surface area is 180 Å². The van der Waals surface area contributed by atoms with E-state index in [4.69, 9.17) is 9.72 Å². The molecular weight excluding hydrogens is 396 g/mol. The van der Waals surface area contributed by atoms with Gasteiger partial charge in [0.15, 0.2) is 0 Å². The van der Waals surface area contributed by atoms with Crippen LogP contribution < -0.4 is 10.6 Å². The van der Waals surface area contributed by atoms with Gasteiger partial charge in [-0.3, -0.25) is 0 Å². The van der Waals surface area contributed by atoms with Crippen molar-refractivity contribution in [1.82, 2.24) is 14.9 Å². The number of fused-ring (bicyclic) bond motifs is 3. The van der Waals surface area contributed by atoms with Crippen LogP contribution in [0.5, 0.6) is 0 Å². The van der Waals surface area contributed by atoms with Gasteiger partial charge in [0.05, 0.1) is 23.7 Å². The molecule has 0 saturated carbocycles. The highest BCUT2D eigenvalue weighted by molar-refractivity contribution is 6.06. The summed E-state index contributed by atoms with van der Waals surface area (Å²) in [6.07, 6.45) is 2.45. The van der Waals surface area contributed by atoms with E-state index in [1.54, 1.807) is 0 Å². The smallest absolute Gasteiger partial charge is 0.319 e. The molecule has 3 aromatic rings. The molecule has 1 aliphatic rings. The Balaban J connectivity index is 1.67. The van der Waals surface area contributed by atoms with Gasteiger partial charge < -0.3 is 29.8 Å². The summed E-state index contributed by atoms with van der Waals surface area (Å²) >= 11 is 0. The molecule has 31 heavy (non-hydrogen) atoms. The van der Waals surface area contributed by atoms with Crippen LogP contribution >= 0.6 is 0 Å². The van der Waals surface area contributed by atoms with Crippen molar-refractivity contribution in [2.75, 3.05) is 18.5 Å². The molecule has 1 aromatic heterocycles. The zero-order valence-corrected chi connectivity index (χ0v) is 17.8. The van der Waals surface area contributed by atoms with Gasteiger partial charge in [-0.05, 0) is 36.9 Å². The molecule has 2 heterocycles. The molecule has 3 N–H and O–H groups in total. The van der Waals surface area contributed by atoms with Crippen LogP contribution in [0.25, 0.3) is 21.8 Å². The van der Waals surface area contributed by atoms with Gasteiger partial charge in [0.25, 0.3) is 0 Å². The third kappa shape index (κ3) is 4.13. The summed E-state index contributed by atoms with van der Waals surface area (Å²) in [5, 5.41) is 17.2. The number of carbonyl (C=O) groups excluding carboxylic acids is 2. The number of aromatic nitrogens is 2. The number of aliphatic hydroxyl groups is 1. The van der Waals surface area contributed by atoms with Gasteiger partial charge in [0.1, 0.15) is 18.3 Å². The molecule has 2 amide bonds. The van der Waals surface area contributed by atoms with Crippen molar-refractivity contribution >= 4 is 39.8 Å². The molecule has 2 aromatic carbocycles. The van der Waals surface area contributed by atoms with Crippen molar-refractivity contribution in [2.24, 2.45) is 5.92 Å². The maximum absolute atomic E-state index is 12.1. The average Bonchev–Trinajstić information content (AvgIpc) is 3.33. The summed E-state index contributed by atoms with van der Waals surface area (Å²) in [5.74, 6) is 0.431. The van der Waals surface area contributed by atoms with Crippen molar-refractivity contribution < 1.29 is 19.4 Å². The Morgan fingerprint density at radius 2 is 2.16 bits per heavy atom. The number of carbonyl (C=O) groups is 2. The molecule has 0 aliphatic carbocycles. The first-order valence-electron chi connectivity index (χ1n) is 10.7. The third-order valence-corrected chi connectivity index (χ3v) is 5.85. The van der Waals surface area contributed by atoms with E-state index in [9.17, 15) is 14.7 Å². The maximum atomic E-state index is 12.1. The topological polar surface area (TPSA) is 105 Å². The first-order chi connectivity index (χ1) is 15.0. The number of rotatable bonds is 7. The molecule has 164 valence electrons. The van der Waals surface area contributed by atoms with E-state index in [-0.39, 0.29) is 24.8 Å². The summed E-state index contributed by atoms with van der Waals surface area (Å²) in [6.45, 7) is 4.43. The van der Waals surface area contributed by atoms with Crippen LogP contribution in [-0.2, 0) is 9.53 Å². The molecule has 1 aliphatic heterocycles. The summed E-state index contributed by atoms with van der Waals surface area (Å²) in [5.41, 5.74) is 2.39. The van der Waals surface area contributed by atoms with E-state index < -0.39 is 6.10 Å². The molecule has 1 saturated heterocycles. The quantitative estimate of drug-likeness (QED) is 0.398. The van der Waals surface area contributed by atoms with Gasteiger partial charge in [-0.1, -0.05) is 25.5 Å². The molecule has 0 bridgehead atoms. The van der Waals surface area contributed by atoms with Crippen molar-refractivity contribution in [2.45, 2.75) is 45.4 Å². The Morgan fingerprint density at radius 3 is 2.87 bits per heavy atom. The van der Waals surface area contributed by atoms with E-state index in [1.165, 1.54) is 0 Å². The molecule has 0 radical (unpaired) electrons. The van der Waals surface area contributed by atoms with E-state index >= 15 is 0 Å². The van der Waals surface area contributed by atoms with Crippen LogP contribution in [0.2, 0.25) is 0 Å². The number of aldehydes is 1. The summed E-state index contributed by atoms with van der Waals surface area (Å²) in [4.78, 5) is 28.3. The number of ether oxygens (including phenoxy) is 1. The fourth-order valence-corrected chi connectivity index (χ4v) is 4.22. The van der Waals surface area contributed by atoms with E-state index in [2.05, 4.69) is 17.6 Å². The maximum Gasteiger partial charge on any atom is 0.319 e. The van der Waals surface area contributed by atoms with Gasteiger partial charge in [-0.15, -0.1) is 0 Å². The number of amides is 2. The Bertz CT molecular complexity index is 1110. The standard InChI is InChI=1S/C23H28N4O4/c1-3-4-9-24-23(30)26-17-7-5-15-6-8-19-22(18(15)11-17)25-14(2)27(19)21-10-16(12-28)20(13-29)31-21/h5-8,11-12,16,20-21,29H,3-4,9-10,13H2,1-2H3,(H2,24,26,30)/t16-,20-,21-/m1/s1. The number of nitrogens with zero attached hydrogens (tertiary/aromatic N) is 2. The fourth-order valence-electron chi connectivity index (χ4n) is 4.22. The number of hydrogen-bond donors (Lipinski definition) is 3. The lowest BCUT2D eigenvalue weighted by atomic mass is 10.0. The zero-order chi connectivity index (χ0) is 22.0. The Kier molecular flexibility index (Phi) is 6.20. The largest absolute Gasteiger partial charge is 0.394 e. The van der Waals surface area contributed by atoms with Gasteiger partial charge in [-0.2, -0.15) is 0 Å². The van der Waals surface area contributed by atoms with Crippen molar-refractivity contribution in [3.8, 4) is 0 Å². The van der Waals surface area contributed by atoms with Crippen LogP contribution in [0, 0.1) is 12.8 Å². The minimum Gasteiger partial charge on any atom is -0.394 e. The lowest BCUT2D eigenvalue weighted by molar-refractivity contribution is -0.113. The van der Waals surface area contributed by atoms with Gasteiger partial charge in [0, 0.05) is 30.0 Å². The van der Waals surface area contributed by atoms with Crippen LogP contribution in [0.1, 0.15) is 38.2 Å². The summed E-state index contributed by atoms with van der Waals surface area (Å²) in [7, 11) is 0. The second-order valence-electron chi connectivity index (χ2n) is 7.98. The molecule has 8 heteroatoms. The van der Waals surface area contributed by atoms with E-state index in [0.717, 1.165) is 46.8 Å². The monoisotopic (exact) mass is 424 g/mol. The first-order valence-corrected chi connectivity index (χ1v) is 10.7. The zero-order valence-electron chi connectivity index (χ0n) is 17.8. The number of aliphatic hydroxyl groups excluding tert-OH is 1. The Hall–Kier alpha value is -2.97. The Morgan fingerprint density at radius 1 is 1.35 bits per heavy atom. The number of unbranched alkanes of at least 4 members (excludes halogenated alkanes) is 1. The van der Waals surface area contributed by atoms with Gasteiger partial charge in [-0.25, -0.2) is 9.78 Å². The highest BCUT2D eigenvalue weighted by Crippen LogP contribution is 2.37. The number of urea groups is 1. The number of hydrogen-bond acceptors (Lipinski definition) is 5. The van der Waals surface area contributed by atoms with Crippen LogP contribution in [0.4, 0.5) is 10.5 Å². The van der Waals surface area contributed by atoms with Crippen molar-refractivity contribution in [3.05, 3.63) is 36.2 Å². The minimum atomic E-state index is -0.498. The lowest BCUT2D eigenvalue weighted by Gasteiger charge is -2.16. The minimum absolute atomic E-state index is 0.191. The predicted octanol–water partition coefficient (Wildman–Crippen LogP) is 3.51. The van der Waals surface area contributed by atoms with Crippen LogP contribution in [-0.4, -0.2) is 46.2 Å². The molecular formula is C23H28N4O4. The molecule has 4 rings (SSSR count). The van der Waals surface area contributed by atoms with Crippen LogP contribution in [0.3, 0.4) is 0 Å². The summed E-state index contributed by atoms with van der Waals surface area (Å²) < 4.78 is 7.94. The third-order valence-electron chi connectivity index (χ3n) is 5.85. The summed E-state index contributed by atoms with van der Waals surface area (Å²) in [6, 6.07) is 9.54. The first kappa shape index (κ1) is 21.3. The molecule has 1 fully saturated rings. The van der Waals surface area contributed by atoms with Crippen LogP contribution in [0.15, 0.2) is 30.3 Å².